The number of fused-ring (bicyclic) bond motifs is 1. The lowest BCUT2D eigenvalue weighted by Gasteiger charge is -2.21. The zero-order valence-corrected chi connectivity index (χ0v) is 20.5. The van der Waals surface area contributed by atoms with Crippen LogP contribution in [0.2, 0.25) is 0 Å². The molecule has 1 aromatic heterocycles. The Labute approximate surface area is 216 Å². The minimum atomic E-state index is -0.609. The van der Waals surface area contributed by atoms with E-state index in [1.54, 1.807) is 0 Å². The van der Waals surface area contributed by atoms with E-state index in [0.717, 1.165) is 27.6 Å². The summed E-state index contributed by atoms with van der Waals surface area (Å²) >= 11 is 0. The average molecular weight is 497 g/mol. The molecule has 2 amide bonds. The number of carbonyl (C=O) groups excluding carboxylic acids is 2. The highest BCUT2D eigenvalue weighted by atomic mass is 16.2. The van der Waals surface area contributed by atoms with Crippen molar-refractivity contribution in [3.8, 4) is 0 Å². The number of hydrogen-bond donors (Lipinski definition) is 6. The molecular formula is C29H32N6O2. The van der Waals surface area contributed by atoms with Gasteiger partial charge in [-0.1, -0.05) is 66.7 Å². The van der Waals surface area contributed by atoms with Gasteiger partial charge in [0.25, 0.3) is 0 Å². The van der Waals surface area contributed by atoms with Gasteiger partial charge in [-0.15, -0.1) is 0 Å². The number of nitrogens with one attached hydrogen (secondary N) is 5. The number of H-pyrrole nitrogens is 1. The molecule has 0 bridgehead atoms. The van der Waals surface area contributed by atoms with Gasteiger partial charge in [0.1, 0.15) is 0 Å². The standard InChI is InChI=1S/C29H32N6O2/c30-29(31)33-16-7-12-25(34-19-20-13-14-24-23(18-20)15-17-32-24)27(36)35-28(37)26(21-8-3-1-4-9-21)22-10-5-2-6-11-22/h1-6,8-11,13-15,17-18,25-26,32,34H,7,12,16,19H2,(H4,30,31,33)(H,35,36,37)/t25-/m0/s1. The van der Waals surface area contributed by atoms with Crippen LogP contribution in [0.15, 0.2) is 91.1 Å². The maximum Gasteiger partial charge on any atom is 0.243 e. The molecule has 0 aliphatic carbocycles. The van der Waals surface area contributed by atoms with Crippen molar-refractivity contribution in [2.24, 2.45) is 5.73 Å². The van der Waals surface area contributed by atoms with Crippen LogP contribution in [-0.2, 0) is 16.1 Å². The number of hydrogen-bond acceptors (Lipinski definition) is 4. The number of aromatic nitrogens is 1. The second-order valence-electron chi connectivity index (χ2n) is 8.92. The molecule has 1 heterocycles. The van der Waals surface area contributed by atoms with Gasteiger partial charge in [0.15, 0.2) is 5.96 Å². The summed E-state index contributed by atoms with van der Waals surface area (Å²) in [6.07, 6.45) is 2.95. The highest BCUT2D eigenvalue weighted by Gasteiger charge is 2.27. The van der Waals surface area contributed by atoms with Crippen LogP contribution in [0.3, 0.4) is 0 Å². The molecule has 0 saturated carbocycles. The molecule has 4 aromatic rings. The maximum absolute atomic E-state index is 13.4. The van der Waals surface area contributed by atoms with Gasteiger partial charge in [0.05, 0.1) is 12.0 Å². The molecule has 4 rings (SSSR count). The highest BCUT2D eigenvalue weighted by molar-refractivity contribution is 6.01. The number of aromatic amines is 1. The van der Waals surface area contributed by atoms with E-state index < -0.39 is 12.0 Å². The third-order valence-electron chi connectivity index (χ3n) is 6.25. The van der Waals surface area contributed by atoms with Gasteiger partial charge in [0, 0.05) is 24.8 Å². The van der Waals surface area contributed by atoms with Crippen LogP contribution >= 0.6 is 0 Å². The summed E-state index contributed by atoms with van der Waals surface area (Å²) in [7, 11) is 0. The molecule has 0 unspecified atom stereocenters. The van der Waals surface area contributed by atoms with Crippen molar-refractivity contribution in [2.45, 2.75) is 31.3 Å². The molecular weight excluding hydrogens is 464 g/mol. The molecule has 37 heavy (non-hydrogen) atoms. The van der Waals surface area contributed by atoms with E-state index in [1.165, 1.54) is 0 Å². The van der Waals surface area contributed by atoms with E-state index in [9.17, 15) is 9.59 Å². The van der Waals surface area contributed by atoms with Gasteiger partial charge in [0.2, 0.25) is 11.8 Å². The van der Waals surface area contributed by atoms with Crippen molar-refractivity contribution < 1.29 is 9.59 Å². The number of imide groups is 1. The molecule has 8 nitrogen and oxygen atoms in total. The summed E-state index contributed by atoms with van der Waals surface area (Å²) in [5, 5.41) is 17.2. The molecule has 0 aliphatic rings. The van der Waals surface area contributed by atoms with Crippen LogP contribution in [0.5, 0.6) is 0 Å². The number of carbonyl (C=O) groups is 2. The van der Waals surface area contributed by atoms with E-state index in [2.05, 4.69) is 27.0 Å². The first kappa shape index (κ1) is 25.7. The van der Waals surface area contributed by atoms with E-state index in [0.29, 0.717) is 25.9 Å². The predicted octanol–water partition coefficient (Wildman–Crippen LogP) is 3.36. The Bertz CT molecular complexity index is 1300. The quantitative estimate of drug-likeness (QED) is 0.108. The Kier molecular flexibility index (Phi) is 8.67. The van der Waals surface area contributed by atoms with Crippen molar-refractivity contribution in [3.63, 3.8) is 0 Å². The third kappa shape index (κ3) is 7.05. The van der Waals surface area contributed by atoms with Gasteiger partial charge in [-0.05, 0) is 53.1 Å². The Morgan fingerprint density at radius 3 is 2.22 bits per heavy atom. The molecule has 0 radical (unpaired) electrons. The van der Waals surface area contributed by atoms with Gasteiger partial charge >= 0.3 is 0 Å². The fraction of sp³-hybridized carbons (Fsp3) is 0.207. The van der Waals surface area contributed by atoms with E-state index >= 15 is 0 Å². The smallest absolute Gasteiger partial charge is 0.243 e. The Balaban J connectivity index is 1.48. The molecule has 1 atom stereocenters. The molecule has 0 spiro atoms. The zero-order valence-electron chi connectivity index (χ0n) is 20.5. The van der Waals surface area contributed by atoms with E-state index in [4.69, 9.17) is 11.1 Å². The number of rotatable bonds is 11. The van der Waals surface area contributed by atoms with Crippen molar-refractivity contribution >= 4 is 28.7 Å². The van der Waals surface area contributed by atoms with Gasteiger partial charge in [-0.3, -0.25) is 20.3 Å². The SMILES string of the molecule is N=C(N)NCCC[C@H](NCc1ccc2[nH]ccc2c1)C(=O)NC(=O)C(c1ccccc1)c1ccccc1. The summed E-state index contributed by atoms with van der Waals surface area (Å²) in [4.78, 5) is 30.0. The van der Waals surface area contributed by atoms with Gasteiger partial charge in [-0.25, -0.2) is 0 Å². The normalized spacial score (nSPS) is 11.8. The summed E-state index contributed by atoms with van der Waals surface area (Å²) in [6.45, 7) is 0.926. The summed E-state index contributed by atoms with van der Waals surface area (Å²) in [5.74, 6) is -1.47. The Morgan fingerprint density at radius 2 is 1.57 bits per heavy atom. The minimum Gasteiger partial charge on any atom is -0.370 e. The lowest BCUT2D eigenvalue weighted by Crippen LogP contribution is -2.47. The fourth-order valence-electron chi connectivity index (χ4n) is 4.38. The molecule has 190 valence electrons. The molecule has 0 aliphatic heterocycles. The maximum atomic E-state index is 13.4. The first-order chi connectivity index (χ1) is 18.0. The fourth-order valence-corrected chi connectivity index (χ4v) is 4.38. The molecule has 0 saturated heterocycles. The highest BCUT2D eigenvalue weighted by Crippen LogP contribution is 2.25. The minimum absolute atomic E-state index is 0.113. The monoisotopic (exact) mass is 496 g/mol. The van der Waals surface area contributed by atoms with Crippen molar-refractivity contribution in [2.75, 3.05) is 6.54 Å². The van der Waals surface area contributed by atoms with Crippen LogP contribution in [-0.4, -0.2) is 35.3 Å². The lowest BCUT2D eigenvalue weighted by molar-refractivity contribution is -0.132. The molecule has 3 aromatic carbocycles. The predicted molar refractivity (Wildman–Crippen MR) is 146 cm³/mol. The van der Waals surface area contributed by atoms with Crippen LogP contribution in [0, 0.1) is 5.41 Å². The Morgan fingerprint density at radius 1 is 0.892 bits per heavy atom. The van der Waals surface area contributed by atoms with Crippen molar-refractivity contribution in [1.82, 2.24) is 20.9 Å². The van der Waals surface area contributed by atoms with Crippen molar-refractivity contribution in [3.05, 3.63) is 108 Å². The van der Waals surface area contributed by atoms with Gasteiger partial charge in [-0.2, -0.15) is 0 Å². The van der Waals surface area contributed by atoms with Gasteiger partial charge < -0.3 is 21.4 Å². The summed E-state index contributed by atoms with van der Waals surface area (Å²) in [6, 6.07) is 26.4. The number of amides is 2. The lowest BCUT2D eigenvalue weighted by atomic mass is 9.90. The molecule has 8 heteroatoms. The first-order valence-electron chi connectivity index (χ1n) is 12.3. The number of nitrogens with two attached hydrogens (primary N) is 1. The van der Waals surface area contributed by atoms with Crippen LogP contribution < -0.4 is 21.7 Å². The largest absolute Gasteiger partial charge is 0.370 e. The second kappa shape index (κ2) is 12.5. The van der Waals surface area contributed by atoms with E-state index in [-0.39, 0.29) is 17.8 Å². The average Bonchev–Trinajstić information content (AvgIpc) is 3.37. The third-order valence-corrected chi connectivity index (χ3v) is 6.25. The summed E-state index contributed by atoms with van der Waals surface area (Å²) < 4.78 is 0. The molecule has 0 fully saturated rings. The summed E-state index contributed by atoms with van der Waals surface area (Å²) in [5.41, 5.74) is 9.09. The second-order valence-corrected chi connectivity index (χ2v) is 8.92. The van der Waals surface area contributed by atoms with Crippen LogP contribution in [0.4, 0.5) is 0 Å². The number of benzene rings is 3. The zero-order chi connectivity index (χ0) is 26.0. The topological polar surface area (TPSA) is 136 Å². The van der Waals surface area contributed by atoms with E-state index in [1.807, 2.05) is 85.1 Å². The molecule has 7 N–H and O–H groups in total. The van der Waals surface area contributed by atoms with Crippen LogP contribution in [0.1, 0.15) is 35.4 Å². The first-order valence-corrected chi connectivity index (χ1v) is 12.3. The number of guanidine groups is 1. The Hall–Kier alpha value is -4.43. The van der Waals surface area contributed by atoms with Crippen LogP contribution in [0.25, 0.3) is 10.9 Å². The van der Waals surface area contributed by atoms with Crippen molar-refractivity contribution in [1.29, 1.82) is 5.41 Å².